The van der Waals surface area contributed by atoms with Gasteiger partial charge in [0, 0.05) is 37.1 Å². The third-order valence-electron chi connectivity index (χ3n) is 4.55. The molecule has 0 aromatic carbocycles. The van der Waals surface area contributed by atoms with Crippen LogP contribution in [0.5, 0.6) is 0 Å². The van der Waals surface area contributed by atoms with Gasteiger partial charge in [0.1, 0.15) is 0 Å². The summed E-state index contributed by atoms with van der Waals surface area (Å²) in [5.74, 6) is 0. The van der Waals surface area contributed by atoms with Crippen molar-refractivity contribution in [2.75, 3.05) is 6.54 Å². The lowest BCUT2D eigenvalue weighted by Crippen LogP contribution is -2.45. The quantitative estimate of drug-likeness (QED) is 0.793. The van der Waals surface area contributed by atoms with Gasteiger partial charge in [0.05, 0.1) is 0 Å². The van der Waals surface area contributed by atoms with E-state index in [4.69, 9.17) is 0 Å². The number of hydrogen-bond acceptors (Lipinski definition) is 1. The summed E-state index contributed by atoms with van der Waals surface area (Å²) in [7, 11) is 0. The highest BCUT2D eigenvalue weighted by Gasteiger charge is 2.28. The standard InChI is InChI=1S/C17H30N2/c1-7-8-17(5,6)14-11-15-13-19(16(2,3)4)10-9-18(15)12-14/h11-12H,7-10,13H2,1-6H3. The maximum atomic E-state index is 2.58. The second-order valence-corrected chi connectivity index (χ2v) is 7.64. The minimum absolute atomic E-state index is 0.272. The molecule has 0 atom stereocenters. The van der Waals surface area contributed by atoms with Crippen LogP contribution in [0, 0.1) is 0 Å². The van der Waals surface area contributed by atoms with Crippen LogP contribution >= 0.6 is 0 Å². The molecule has 0 aliphatic carbocycles. The molecule has 0 saturated heterocycles. The number of aromatic nitrogens is 1. The average molecular weight is 262 g/mol. The Balaban J connectivity index is 2.21. The summed E-state index contributed by atoms with van der Waals surface area (Å²) >= 11 is 0. The maximum absolute atomic E-state index is 2.58. The molecule has 108 valence electrons. The Hall–Kier alpha value is -0.760. The molecular formula is C17H30N2. The van der Waals surface area contributed by atoms with Crippen LogP contribution in [0.1, 0.15) is 65.6 Å². The van der Waals surface area contributed by atoms with E-state index in [0.717, 1.165) is 13.1 Å². The fourth-order valence-electron chi connectivity index (χ4n) is 3.11. The Morgan fingerprint density at radius 1 is 1.11 bits per heavy atom. The molecule has 1 aliphatic rings. The average Bonchev–Trinajstić information content (AvgIpc) is 2.70. The van der Waals surface area contributed by atoms with Gasteiger partial charge >= 0.3 is 0 Å². The van der Waals surface area contributed by atoms with Crippen LogP contribution in [0.2, 0.25) is 0 Å². The van der Waals surface area contributed by atoms with Crippen molar-refractivity contribution in [2.24, 2.45) is 0 Å². The van der Waals surface area contributed by atoms with Crippen LogP contribution in [-0.2, 0) is 18.5 Å². The third kappa shape index (κ3) is 3.05. The van der Waals surface area contributed by atoms with E-state index in [0.29, 0.717) is 5.41 Å². The van der Waals surface area contributed by atoms with E-state index < -0.39 is 0 Å². The number of hydrogen-bond donors (Lipinski definition) is 0. The molecule has 19 heavy (non-hydrogen) atoms. The van der Waals surface area contributed by atoms with Crippen molar-refractivity contribution < 1.29 is 0 Å². The molecule has 2 heteroatoms. The monoisotopic (exact) mass is 262 g/mol. The molecule has 0 radical (unpaired) electrons. The fourth-order valence-corrected chi connectivity index (χ4v) is 3.11. The summed E-state index contributed by atoms with van der Waals surface area (Å²) in [5.41, 5.74) is 3.58. The molecule has 0 fully saturated rings. The molecule has 2 rings (SSSR count). The Morgan fingerprint density at radius 2 is 1.79 bits per heavy atom. The first-order valence-electron chi connectivity index (χ1n) is 7.68. The van der Waals surface area contributed by atoms with Crippen LogP contribution in [-0.4, -0.2) is 21.6 Å². The van der Waals surface area contributed by atoms with Gasteiger partial charge in [-0.05, 0) is 44.2 Å². The molecule has 0 spiro atoms. The van der Waals surface area contributed by atoms with Gasteiger partial charge in [0.2, 0.25) is 0 Å². The van der Waals surface area contributed by atoms with Crippen LogP contribution in [0.25, 0.3) is 0 Å². The van der Waals surface area contributed by atoms with Crippen molar-refractivity contribution in [1.29, 1.82) is 0 Å². The summed E-state index contributed by atoms with van der Waals surface area (Å²) in [6.45, 7) is 17.4. The normalized spacial score (nSPS) is 17.6. The molecule has 0 unspecified atom stereocenters. The zero-order chi connectivity index (χ0) is 14.3. The zero-order valence-corrected chi connectivity index (χ0v) is 13.6. The van der Waals surface area contributed by atoms with Crippen LogP contribution < -0.4 is 0 Å². The smallest absolute Gasteiger partial charge is 0.0393 e. The van der Waals surface area contributed by atoms with Crippen molar-refractivity contribution in [3.63, 3.8) is 0 Å². The first-order chi connectivity index (χ1) is 8.74. The van der Waals surface area contributed by atoms with E-state index in [-0.39, 0.29) is 5.54 Å². The molecule has 1 aromatic rings. The lowest BCUT2D eigenvalue weighted by molar-refractivity contribution is 0.103. The minimum atomic E-state index is 0.272. The van der Waals surface area contributed by atoms with Gasteiger partial charge in [-0.3, -0.25) is 4.90 Å². The SMILES string of the molecule is CCCC(C)(C)c1cc2n(c1)CCN(C(C)(C)C)C2. The first-order valence-corrected chi connectivity index (χ1v) is 7.68. The largest absolute Gasteiger partial charge is 0.349 e. The van der Waals surface area contributed by atoms with Gasteiger partial charge in [-0.15, -0.1) is 0 Å². The van der Waals surface area contributed by atoms with Gasteiger partial charge in [-0.25, -0.2) is 0 Å². The zero-order valence-electron chi connectivity index (χ0n) is 13.6. The van der Waals surface area contributed by atoms with E-state index in [1.54, 1.807) is 0 Å². The lowest BCUT2D eigenvalue weighted by Gasteiger charge is -2.38. The number of rotatable bonds is 3. The van der Waals surface area contributed by atoms with Crippen LogP contribution in [0.4, 0.5) is 0 Å². The van der Waals surface area contributed by atoms with E-state index in [1.165, 1.54) is 30.6 Å². The molecule has 0 N–H and O–H groups in total. The van der Waals surface area contributed by atoms with Crippen molar-refractivity contribution in [3.05, 3.63) is 23.5 Å². The highest BCUT2D eigenvalue weighted by molar-refractivity contribution is 5.27. The maximum Gasteiger partial charge on any atom is 0.0393 e. The Kier molecular flexibility index (Phi) is 3.83. The summed E-state index contributed by atoms with van der Waals surface area (Å²) in [6, 6.07) is 2.44. The summed E-state index contributed by atoms with van der Waals surface area (Å²) < 4.78 is 2.47. The van der Waals surface area contributed by atoms with E-state index in [9.17, 15) is 0 Å². The van der Waals surface area contributed by atoms with Crippen LogP contribution in [0.15, 0.2) is 12.3 Å². The molecule has 0 amide bonds. The Labute approximate surface area is 118 Å². The molecule has 2 nitrogen and oxygen atoms in total. The third-order valence-corrected chi connectivity index (χ3v) is 4.55. The highest BCUT2D eigenvalue weighted by atomic mass is 15.2. The Bertz CT molecular complexity index is 435. The predicted molar refractivity (Wildman–Crippen MR) is 82.5 cm³/mol. The van der Waals surface area contributed by atoms with Crippen molar-refractivity contribution in [2.45, 2.75) is 78.4 Å². The second kappa shape index (κ2) is 4.97. The van der Waals surface area contributed by atoms with E-state index >= 15 is 0 Å². The molecular weight excluding hydrogens is 232 g/mol. The van der Waals surface area contributed by atoms with Crippen LogP contribution in [0.3, 0.4) is 0 Å². The number of fused-ring (bicyclic) bond motifs is 1. The Morgan fingerprint density at radius 3 is 2.37 bits per heavy atom. The predicted octanol–water partition coefficient (Wildman–Crippen LogP) is 4.18. The second-order valence-electron chi connectivity index (χ2n) is 7.64. The molecule has 2 heterocycles. The summed E-state index contributed by atoms with van der Waals surface area (Å²) in [6.07, 6.45) is 4.91. The van der Waals surface area contributed by atoms with E-state index in [1.807, 2.05) is 0 Å². The molecule has 0 saturated carbocycles. The van der Waals surface area contributed by atoms with Crippen molar-refractivity contribution in [1.82, 2.24) is 9.47 Å². The number of nitrogens with zero attached hydrogens (tertiary/aromatic N) is 2. The van der Waals surface area contributed by atoms with Gasteiger partial charge in [0.25, 0.3) is 0 Å². The molecule has 1 aliphatic heterocycles. The lowest BCUT2D eigenvalue weighted by atomic mass is 9.82. The van der Waals surface area contributed by atoms with Gasteiger partial charge in [-0.2, -0.15) is 0 Å². The topological polar surface area (TPSA) is 8.17 Å². The fraction of sp³-hybridized carbons (Fsp3) is 0.765. The van der Waals surface area contributed by atoms with Gasteiger partial charge in [-0.1, -0.05) is 27.2 Å². The van der Waals surface area contributed by atoms with Crippen molar-refractivity contribution in [3.8, 4) is 0 Å². The van der Waals surface area contributed by atoms with Gasteiger partial charge in [0.15, 0.2) is 0 Å². The van der Waals surface area contributed by atoms with E-state index in [2.05, 4.69) is 63.3 Å². The molecule has 1 aromatic heterocycles. The molecule has 0 bridgehead atoms. The minimum Gasteiger partial charge on any atom is -0.349 e. The first kappa shape index (κ1) is 14.6. The van der Waals surface area contributed by atoms with Crippen molar-refractivity contribution >= 4 is 0 Å². The summed E-state index contributed by atoms with van der Waals surface area (Å²) in [5, 5.41) is 0. The summed E-state index contributed by atoms with van der Waals surface area (Å²) in [4.78, 5) is 2.58. The highest BCUT2D eigenvalue weighted by Crippen LogP contribution is 2.32. The van der Waals surface area contributed by atoms with Gasteiger partial charge < -0.3 is 4.57 Å².